The van der Waals surface area contributed by atoms with Crippen LogP contribution in [-0.2, 0) is 0 Å². The summed E-state index contributed by atoms with van der Waals surface area (Å²) in [5.41, 5.74) is 5.94. The minimum absolute atomic E-state index is 0.175. The normalized spacial score (nSPS) is 13.7. The first-order valence-corrected chi connectivity index (χ1v) is 10.9. The van der Waals surface area contributed by atoms with Gasteiger partial charge in [0.1, 0.15) is 0 Å². The highest BCUT2D eigenvalue weighted by Crippen LogP contribution is 2.36. The minimum Gasteiger partial charge on any atom is -0.339 e. The third-order valence-electron chi connectivity index (χ3n) is 5.91. The number of benzene rings is 2. The quantitative estimate of drug-likeness (QED) is 0.463. The van der Waals surface area contributed by atoms with E-state index in [2.05, 4.69) is 26.6 Å². The van der Waals surface area contributed by atoms with Crippen LogP contribution in [0.3, 0.4) is 0 Å². The van der Waals surface area contributed by atoms with Crippen LogP contribution in [0, 0.1) is 20.8 Å². The van der Waals surface area contributed by atoms with Gasteiger partial charge < -0.3 is 9.84 Å². The van der Waals surface area contributed by atoms with E-state index in [4.69, 9.17) is 4.52 Å². The molecule has 0 atom stereocenters. The highest BCUT2D eigenvalue weighted by Gasteiger charge is 2.25. The van der Waals surface area contributed by atoms with E-state index in [1.165, 1.54) is 6.42 Å². The highest BCUT2D eigenvalue weighted by atomic mass is 16.5. The summed E-state index contributed by atoms with van der Waals surface area (Å²) in [5.74, 6) is 1.57. The zero-order valence-corrected chi connectivity index (χ0v) is 18.4. The van der Waals surface area contributed by atoms with Gasteiger partial charge in [0.25, 0.3) is 5.91 Å². The molecule has 0 bridgehead atoms. The van der Waals surface area contributed by atoms with Crippen LogP contribution in [0.2, 0.25) is 0 Å². The summed E-state index contributed by atoms with van der Waals surface area (Å²) in [5, 5.41) is 11.6. The maximum atomic E-state index is 12.8. The minimum atomic E-state index is -0.175. The Morgan fingerprint density at radius 2 is 1.78 bits per heavy atom. The molecule has 32 heavy (non-hydrogen) atoms. The number of carbonyl (C=O) groups is 1. The third kappa shape index (κ3) is 3.93. The molecule has 7 heteroatoms. The van der Waals surface area contributed by atoms with E-state index in [0.717, 1.165) is 46.8 Å². The first kappa shape index (κ1) is 20.2. The lowest BCUT2D eigenvalue weighted by molar-refractivity contribution is 0.102. The van der Waals surface area contributed by atoms with Crippen molar-refractivity contribution in [3.63, 3.8) is 0 Å². The third-order valence-corrected chi connectivity index (χ3v) is 5.91. The van der Waals surface area contributed by atoms with Gasteiger partial charge in [-0.1, -0.05) is 17.6 Å². The fourth-order valence-corrected chi connectivity index (χ4v) is 4.00. The Balaban J connectivity index is 1.33. The molecule has 4 aromatic rings. The molecule has 7 nitrogen and oxygen atoms in total. The van der Waals surface area contributed by atoms with Crippen LogP contribution < -0.4 is 5.32 Å². The average Bonchev–Trinajstić information content (AvgIpc) is 3.33. The Labute approximate surface area is 186 Å². The molecule has 1 aliphatic rings. The molecule has 0 spiro atoms. The van der Waals surface area contributed by atoms with Gasteiger partial charge in [0.05, 0.1) is 16.9 Å². The Bertz CT molecular complexity index is 1260. The van der Waals surface area contributed by atoms with Crippen molar-refractivity contribution in [1.82, 2.24) is 19.9 Å². The maximum absolute atomic E-state index is 12.8. The second-order valence-corrected chi connectivity index (χ2v) is 8.53. The van der Waals surface area contributed by atoms with E-state index < -0.39 is 0 Å². The monoisotopic (exact) mass is 427 g/mol. The Morgan fingerprint density at radius 1 is 1.06 bits per heavy atom. The molecule has 0 aliphatic heterocycles. The lowest BCUT2D eigenvalue weighted by Gasteiger charge is -2.20. The van der Waals surface area contributed by atoms with E-state index in [1.54, 1.807) is 10.9 Å². The van der Waals surface area contributed by atoms with Crippen LogP contribution in [0.25, 0.3) is 17.1 Å². The van der Waals surface area contributed by atoms with E-state index in [9.17, 15) is 4.79 Å². The number of hydrogen-bond acceptors (Lipinski definition) is 5. The van der Waals surface area contributed by atoms with Crippen molar-refractivity contribution in [3.05, 3.63) is 76.9 Å². The summed E-state index contributed by atoms with van der Waals surface area (Å²) < 4.78 is 7.14. The summed E-state index contributed by atoms with van der Waals surface area (Å²) in [6, 6.07) is 13.7. The molecule has 1 N–H and O–H groups in total. The summed E-state index contributed by atoms with van der Waals surface area (Å²) in [7, 11) is 0. The lowest BCUT2D eigenvalue weighted by atomic mass is 9.85. The van der Waals surface area contributed by atoms with Gasteiger partial charge in [-0.2, -0.15) is 10.1 Å². The van der Waals surface area contributed by atoms with Gasteiger partial charge in [-0.05, 0) is 81.1 Å². The molecule has 2 heterocycles. The smallest absolute Gasteiger partial charge is 0.259 e. The molecule has 162 valence electrons. The molecule has 0 saturated heterocycles. The fraction of sp³-hybridized carbons (Fsp3) is 0.280. The van der Waals surface area contributed by atoms with Crippen LogP contribution in [-0.4, -0.2) is 25.8 Å². The number of aromatic nitrogens is 4. The standard InChI is InChI=1S/C25H25N5O2/c1-15-11-16(2)13-20(12-15)26-24(31)22-14-30(28-17(22)3)21-9-7-18(8-10-21)23-27-25(32-29-23)19-5-4-6-19/h7-14,19H,4-6H2,1-3H3,(H,26,31). The predicted molar refractivity (Wildman–Crippen MR) is 122 cm³/mol. The van der Waals surface area contributed by atoms with Crippen molar-refractivity contribution in [3.8, 4) is 17.1 Å². The maximum Gasteiger partial charge on any atom is 0.259 e. The van der Waals surface area contributed by atoms with Crippen molar-refractivity contribution in [2.24, 2.45) is 0 Å². The Kier molecular flexibility index (Phi) is 5.09. The molecule has 5 rings (SSSR count). The van der Waals surface area contributed by atoms with Crippen LogP contribution in [0.4, 0.5) is 5.69 Å². The van der Waals surface area contributed by atoms with E-state index in [1.807, 2.05) is 57.2 Å². The second-order valence-electron chi connectivity index (χ2n) is 8.53. The molecule has 1 fully saturated rings. The van der Waals surface area contributed by atoms with Crippen LogP contribution in [0.5, 0.6) is 0 Å². The Hall–Kier alpha value is -3.74. The van der Waals surface area contributed by atoms with Gasteiger partial charge in [0, 0.05) is 23.4 Å². The van der Waals surface area contributed by atoms with Gasteiger partial charge in [-0.15, -0.1) is 0 Å². The van der Waals surface area contributed by atoms with Crippen molar-refractivity contribution in [1.29, 1.82) is 0 Å². The number of hydrogen-bond donors (Lipinski definition) is 1. The number of carbonyl (C=O) groups excluding carboxylic acids is 1. The van der Waals surface area contributed by atoms with Crippen molar-refractivity contribution < 1.29 is 9.32 Å². The molecule has 2 aromatic carbocycles. The van der Waals surface area contributed by atoms with Crippen molar-refractivity contribution in [2.45, 2.75) is 46.0 Å². The molecular weight excluding hydrogens is 402 g/mol. The van der Waals surface area contributed by atoms with E-state index >= 15 is 0 Å². The molecule has 2 aromatic heterocycles. The molecule has 1 amide bonds. The number of nitrogens with one attached hydrogen (secondary N) is 1. The summed E-state index contributed by atoms with van der Waals surface area (Å²) in [4.78, 5) is 17.4. The van der Waals surface area contributed by atoms with Gasteiger partial charge in [-0.3, -0.25) is 4.79 Å². The highest BCUT2D eigenvalue weighted by molar-refractivity contribution is 6.05. The largest absolute Gasteiger partial charge is 0.339 e. The zero-order chi connectivity index (χ0) is 22.2. The van der Waals surface area contributed by atoms with Crippen LogP contribution in [0.15, 0.2) is 53.2 Å². The first-order chi connectivity index (χ1) is 15.5. The fourth-order valence-electron chi connectivity index (χ4n) is 4.00. The molecule has 1 aliphatic carbocycles. The molecular formula is C25H25N5O2. The lowest BCUT2D eigenvalue weighted by Crippen LogP contribution is -2.12. The summed E-state index contributed by atoms with van der Waals surface area (Å²) in [6.07, 6.45) is 5.23. The molecule has 0 unspecified atom stereocenters. The SMILES string of the molecule is Cc1cc(C)cc(NC(=O)c2cn(-c3ccc(-c4noc(C5CCC5)n4)cc3)nc2C)c1. The molecule has 0 radical (unpaired) electrons. The predicted octanol–water partition coefficient (Wildman–Crippen LogP) is 5.37. The Morgan fingerprint density at radius 3 is 2.44 bits per heavy atom. The molecule has 1 saturated carbocycles. The van der Waals surface area contributed by atoms with E-state index in [-0.39, 0.29) is 5.91 Å². The van der Waals surface area contributed by atoms with E-state index in [0.29, 0.717) is 23.0 Å². The topological polar surface area (TPSA) is 85.8 Å². The second kappa shape index (κ2) is 8.07. The summed E-state index contributed by atoms with van der Waals surface area (Å²) in [6.45, 7) is 5.86. The number of anilines is 1. The number of rotatable bonds is 5. The zero-order valence-electron chi connectivity index (χ0n) is 18.4. The van der Waals surface area contributed by atoms with Crippen molar-refractivity contribution in [2.75, 3.05) is 5.32 Å². The van der Waals surface area contributed by atoms with Gasteiger partial charge in [0.2, 0.25) is 11.7 Å². The van der Waals surface area contributed by atoms with Crippen LogP contribution in [0.1, 0.15) is 58.2 Å². The van der Waals surface area contributed by atoms with Gasteiger partial charge >= 0.3 is 0 Å². The number of amides is 1. The first-order valence-electron chi connectivity index (χ1n) is 10.9. The number of aryl methyl sites for hydroxylation is 3. The van der Waals surface area contributed by atoms with Crippen molar-refractivity contribution >= 4 is 11.6 Å². The van der Waals surface area contributed by atoms with Gasteiger partial charge in [0.15, 0.2) is 0 Å². The number of nitrogens with zero attached hydrogens (tertiary/aromatic N) is 4. The average molecular weight is 428 g/mol. The van der Waals surface area contributed by atoms with Crippen LogP contribution >= 0.6 is 0 Å². The summed E-state index contributed by atoms with van der Waals surface area (Å²) >= 11 is 0. The van der Waals surface area contributed by atoms with Gasteiger partial charge in [-0.25, -0.2) is 4.68 Å².